The van der Waals surface area contributed by atoms with E-state index >= 15 is 0 Å². The SMILES string of the molecule is CC(Cl)CCc1cncn1C. The fourth-order valence-corrected chi connectivity index (χ4v) is 1.08. The first-order valence-corrected chi connectivity index (χ1v) is 4.23. The fourth-order valence-electron chi connectivity index (χ4n) is 0.972. The Hall–Kier alpha value is -0.500. The molecule has 11 heavy (non-hydrogen) atoms. The van der Waals surface area contributed by atoms with Crippen LogP contribution in [0.25, 0.3) is 0 Å². The third-order valence-electron chi connectivity index (χ3n) is 1.71. The van der Waals surface area contributed by atoms with Crippen molar-refractivity contribution in [3.8, 4) is 0 Å². The molecule has 1 atom stereocenters. The molecule has 62 valence electrons. The van der Waals surface area contributed by atoms with Crippen LogP contribution in [0.5, 0.6) is 0 Å². The number of alkyl halides is 1. The third-order valence-corrected chi connectivity index (χ3v) is 1.93. The lowest BCUT2D eigenvalue weighted by molar-refractivity contribution is 0.738. The van der Waals surface area contributed by atoms with Crippen molar-refractivity contribution in [2.24, 2.45) is 7.05 Å². The molecular formula is C8H13ClN2. The molecule has 1 rings (SSSR count). The van der Waals surface area contributed by atoms with Crippen LogP contribution in [0.2, 0.25) is 0 Å². The molecule has 3 heteroatoms. The first-order valence-electron chi connectivity index (χ1n) is 3.79. The second-order valence-electron chi connectivity index (χ2n) is 2.82. The highest BCUT2D eigenvalue weighted by molar-refractivity contribution is 6.20. The van der Waals surface area contributed by atoms with E-state index in [9.17, 15) is 0 Å². The topological polar surface area (TPSA) is 17.8 Å². The monoisotopic (exact) mass is 172 g/mol. The Morgan fingerprint density at radius 1 is 1.73 bits per heavy atom. The average Bonchev–Trinajstić information content (AvgIpc) is 2.31. The van der Waals surface area contributed by atoms with E-state index in [1.165, 1.54) is 5.69 Å². The fraction of sp³-hybridized carbons (Fsp3) is 0.625. The minimum Gasteiger partial charge on any atom is -0.338 e. The maximum atomic E-state index is 5.82. The highest BCUT2D eigenvalue weighted by atomic mass is 35.5. The minimum absolute atomic E-state index is 0.255. The summed E-state index contributed by atoms with van der Waals surface area (Å²) in [6, 6.07) is 0. The second-order valence-corrected chi connectivity index (χ2v) is 3.56. The molecule has 1 aromatic rings. The zero-order valence-corrected chi connectivity index (χ0v) is 7.67. The molecule has 0 N–H and O–H groups in total. The van der Waals surface area contributed by atoms with Gasteiger partial charge in [-0.15, -0.1) is 11.6 Å². The average molecular weight is 173 g/mol. The zero-order valence-electron chi connectivity index (χ0n) is 6.92. The minimum atomic E-state index is 0.255. The van der Waals surface area contributed by atoms with Crippen LogP contribution in [0.15, 0.2) is 12.5 Å². The predicted molar refractivity (Wildman–Crippen MR) is 46.8 cm³/mol. The lowest BCUT2D eigenvalue weighted by Crippen LogP contribution is -1.99. The largest absolute Gasteiger partial charge is 0.338 e. The summed E-state index contributed by atoms with van der Waals surface area (Å²) in [5.41, 5.74) is 1.25. The number of hydrogen-bond donors (Lipinski definition) is 0. The first kappa shape index (κ1) is 8.60. The first-order chi connectivity index (χ1) is 5.20. The van der Waals surface area contributed by atoms with Gasteiger partial charge in [-0.25, -0.2) is 4.98 Å². The van der Waals surface area contributed by atoms with Gasteiger partial charge in [-0.2, -0.15) is 0 Å². The van der Waals surface area contributed by atoms with Gasteiger partial charge in [-0.3, -0.25) is 0 Å². The number of imidazole rings is 1. The van der Waals surface area contributed by atoms with Crippen molar-refractivity contribution >= 4 is 11.6 Å². The molecule has 1 unspecified atom stereocenters. The molecule has 0 fully saturated rings. The quantitative estimate of drug-likeness (QED) is 0.638. The van der Waals surface area contributed by atoms with Crippen molar-refractivity contribution in [1.82, 2.24) is 9.55 Å². The van der Waals surface area contributed by atoms with Gasteiger partial charge in [0, 0.05) is 24.3 Å². The van der Waals surface area contributed by atoms with Crippen LogP contribution in [0.1, 0.15) is 19.0 Å². The zero-order chi connectivity index (χ0) is 8.27. The third kappa shape index (κ3) is 2.54. The molecule has 0 radical (unpaired) electrons. The van der Waals surface area contributed by atoms with E-state index in [2.05, 4.69) is 4.98 Å². The standard InChI is InChI=1S/C8H13ClN2/c1-7(9)3-4-8-5-10-6-11(8)2/h5-7H,3-4H2,1-2H3. The van der Waals surface area contributed by atoms with Crippen LogP contribution in [-0.2, 0) is 13.5 Å². The smallest absolute Gasteiger partial charge is 0.0945 e. The molecule has 1 heterocycles. The molecule has 0 spiro atoms. The van der Waals surface area contributed by atoms with E-state index in [0.29, 0.717) is 0 Å². The number of nitrogens with zero attached hydrogens (tertiary/aromatic N) is 2. The normalized spacial score (nSPS) is 13.4. The molecule has 0 bridgehead atoms. The van der Waals surface area contributed by atoms with Crippen LogP contribution in [0.3, 0.4) is 0 Å². The molecule has 0 aliphatic carbocycles. The number of hydrogen-bond acceptors (Lipinski definition) is 1. The van der Waals surface area contributed by atoms with Gasteiger partial charge in [0.25, 0.3) is 0 Å². The summed E-state index contributed by atoms with van der Waals surface area (Å²) in [5.74, 6) is 0. The Labute approximate surface area is 72.2 Å². The van der Waals surface area contributed by atoms with Gasteiger partial charge in [0.05, 0.1) is 6.33 Å². The van der Waals surface area contributed by atoms with E-state index in [0.717, 1.165) is 12.8 Å². The Morgan fingerprint density at radius 2 is 2.45 bits per heavy atom. The lowest BCUT2D eigenvalue weighted by atomic mass is 10.2. The van der Waals surface area contributed by atoms with Crippen LogP contribution in [0, 0.1) is 0 Å². The van der Waals surface area contributed by atoms with Crippen LogP contribution < -0.4 is 0 Å². The Bertz CT molecular complexity index is 218. The van der Waals surface area contributed by atoms with Crippen molar-refractivity contribution in [3.05, 3.63) is 18.2 Å². The number of aromatic nitrogens is 2. The summed E-state index contributed by atoms with van der Waals surface area (Å²) in [4.78, 5) is 4.02. The molecule has 1 aromatic heterocycles. The maximum Gasteiger partial charge on any atom is 0.0945 e. The summed E-state index contributed by atoms with van der Waals surface area (Å²) in [5, 5.41) is 0.255. The second kappa shape index (κ2) is 3.77. The molecule has 0 saturated carbocycles. The van der Waals surface area contributed by atoms with Gasteiger partial charge >= 0.3 is 0 Å². The van der Waals surface area contributed by atoms with Crippen molar-refractivity contribution < 1.29 is 0 Å². The van der Waals surface area contributed by atoms with Crippen LogP contribution in [0.4, 0.5) is 0 Å². The maximum absolute atomic E-state index is 5.82. The summed E-state index contributed by atoms with van der Waals surface area (Å²) in [6.45, 7) is 2.01. The van der Waals surface area contributed by atoms with Gasteiger partial charge in [0.2, 0.25) is 0 Å². The van der Waals surface area contributed by atoms with Crippen molar-refractivity contribution in [2.75, 3.05) is 0 Å². The van der Waals surface area contributed by atoms with Crippen molar-refractivity contribution in [2.45, 2.75) is 25.1 Å². The highest BCUT2D eigenvalue weighted by Crippen LogP contribution is 2.06. The number of halogens is 1. The number of aryl methyl sites for hydroxylation is 2. The van der Waals surface area contributed by atoms with Gasteiger partial charge in [0.15, 0.2) is 0 Å². The van der Waals surface area contributed by atoms with Crippen LogP contribution >= 0.6 is 11.6 Å². The van der Waals surface area contributed by atoms with Gasteiger partial charge in [-0.1, -0.05) is 0 Å². The van der Waals surface area contributed by atoms with Gasteiger partial charge in [0.1, 0.15) is 0 Å². The van der Waals surface area contributed by atoms with E-state index in [1.807, 2.05) is 31.1 Å². The molecule has 0 aliphatic rings. The summed E-state index contributed by atoms with van der Waals surface area (Å²) < 4.78 is 2.03. The van der Waals surface area contributed by atoms with Crippen molar-refractivity contribution in [3.63, 3.8) is 0 Å². The summed E-state index contributed by atoms with van der Waals surface area (Å²) in [6.07, 6.45) is 5.73. The predicted octanol–water partition coefficient (Wildman–Crippen LogP) is 1.98. The number of rotatable bonds is 3. The highest BCUT2D eigenvalue weighted by Gasteiger charge is 2.00. The molecule has 0 aromatic carbocycles. The van der Waals surface area contributed by atoms with E-state index in [4.69, 9.17) is 11.6 Å². The Kier molecular flexibility index (Phi) is 2.94. The van der Waals surface area contributed by atoms with E-state index in [-0.39, 0.29) is 5.38 Å². The Morgan fingerprint density at radius 3 is 2.91 bits per heavy atom. The molecule has 0 amide bonds. The molecular weight excluding hydrogens is 160 g/mol. The van der Waals surface area contributed by atoms with Crippen molar-refractivity contribution in [1.29, 1.82) is 0 Å². The summed E-state index contributed by atoms with van der Waals surface area (Å²) in [7, 11) is 2.00. The van der Waals surface area contributed by atoms with Gasteiger partial charge < -0.3 is 4.57 Å². The molecule has 0 aliphatic heterocycles. The van der Waals surface area contributed by atoms with E-state index in [1.54, 1.807) is 0 Å². The summed E-state index contributed by atoms with van der Waals surface area (Å²) >= 11 is 5.82. The molecule has 2 nitrogen and oxygen atoms in total. The van der Waals surface area contributed by atoms with E-state index < -0.39 is 0 Å². The Balaban J connectivity index is 2.44. The van der Waals surface area contributed by atoms with Crippen LogP contribution in [-0.4, -0.2) is 14.9 Å². The van der Waals surface area contributed by atoms with Gasteiger partial charge in [-0.05, 0) is 19.8 Å². The lowest BCUT2D eigenvalue weighted by Gasteiger charge is -2.02. The molecule has 0 saturated heterocycles.